The summed E-state index contributed by atoms with van der Waals surface area (Å²) in [7, 11) is 0. The van der Waals surface area contributed by atoms with E-state index >= 15 is 0 Å². The largest absolute Gasteiger partial charge is 0.375 e. The number of fused-ring (bicyclic) bond motifs is 1. The molecule has 5 heteroatoms. The Labute approximate surface area is 117 Å². The Morgan fingerprint density at radius 3 is 3.06 bits per heavy atom. The number of hydrogen-bond donors (Lipinski definition) is 1. The zero-order valence-electron chi connectivity index (χ0n) is 9.84. The van der Waals surface area contributed by atoms with E-state index in [9.17, 15) is 4.39 Å². The highest BCUT2D eigenvalue weighted by Crippen LogP contribution is 2.43. The van der Waals surface area contributed by atoms with Gasteiger partial charge in [-0.25, -0.2) is 9.37 Å². The molecule has 1 unspecified atom stereocenters. The summed E-state index contributed by atoms with van der Waals surface area (Å²) in [5.41, 5.74) is 9.03. The predicted octanol–water partition coefficient (Wildman–Crippen LogP) is 4.01. The third kappa shape index (κ3) is 1.86. The van der Waals surface area contributed by atoms with Gasteiger partial charge in [-0.2, -0.15) is 0 Å². The van der Waals surface area contributed by atoms with Gasteiger partial charge in [0.05, 0.1) is 10.2 Å². The van der Waals surface area contributed by atoms with Gasteiger partial charge in [-0.05, 0) is 59.0 Å². The summed E-state index contributed by atoms with van der Waals surface area (Å²) in [6.07, 6.45) is 2.00. The molecule has 1 aliphatic carbocycles. The molecule has 18 heavy (non-hydrogen) atoms. The lowest BCUT2D eigenvalue weighted by molar-refractivity contribution is 0.617. The molecule has 2 N–H and O–H groups in total. The average molecular weight is 327 g/mol. The predicted molar refractivity (Wildman–Crippen MR) is 75.5 cm³/mol. The van der Waals surface area contributed by atoms with Gasteiger partial charge in [0.1, 0.15) is 5.82 Å². The number of halogens is 2. The highest BCUT2D eigenvalue weighted by molar-refractivity contribution is 9.10. The molecular weight excluding hydrogens is 315 g/mol. The number of nitrogens with two attached hydrogens (primary N) is 1. The second-order valence-corrected chi connectivity index (χ2v) is 6.49. The van der Waals surface area contributed by atoms with E-state index in [4.69, 9.17) is 5.73 Å². The summed E-state index contributed by atoms with van der Waals surface area (Å²) in [4.78, 5) is 5.59. The standard InChI is InChI=1S/C13H12BrFN2S/c1-6-4-10(15)9(14)5-8(6)7-2-3-11-12(7)18-13(16)17-11/h4-5,7H,2-3H2,1H3,(H2,16,17). The first kappa shape index (κ1) is 12.1. The van der Waals surface area contributed by atoms with Crippen molar-refractivity contribution in [1.29, 1.82) is 0 Å². The van der Waals surface area contributed by atoms with Crippen molar-refractivity contribution in [3.63, 3.8) is 0 Å². The number of nitrogens with zero attached hydrogens (tertiary/aromatic N) is 1. The number of rotatable bonds is 1. The summed E-state index contributed by atoms with van der Waals surface area (Å²) in [6.45, 7) is 1.95. The smallest absolute Gasteiger partial charge is 0.180 e. The van der Waals surface area contributed by atoms with Crippen LogP contribution in [0.5, 0.6) is 0 Å². The normalized spacial score (nSPS) is 18.1. The van der Waals surface area contributed by atoms with Crippen molar-refractivity contribution in [2.45, 2.75) is 25.7 Å². The van der Waals surface area contributed by atoms with Crippen molar-refractivity contribution in [2.75, 3.05) is 5.73 Å². The SMILES string of the molecule is Cc1cc(F)c(Br)cc1C1CCc2nc(N)sc21. The lowest BCUT2D eigenvalue weighted by Gasteiger charge is -2.14. The minimum Gasteiger partial charge on any atom is -0.375 e. The minimum absolute atomic E-state index is 0.210. The molecule has 0 aliphatic heterocycles. The van der Waals surface area contributed by atoms with Gasteiger partial charge in [0, 0.05) is 10.8 Å². The number of anilines is 1. The first-order valence-electron chi connectivity index (χ1n) is 5.77. The molecule has 1 atom stereocenters. The summed E-state index contributed by atoms with van der Waals surface area (Å²) in [6, 6.07) is 3.47. The number of nitrogen functional groups attached to an aromatic ring is 1. The molecule has 1 aromatic carbocycles. The highest BCUT2D eigenvalue weighted by atomic mass is 79.9. The van der Waals surface area contributed by atoms with E-state index in [1.54, 1.807) is 17.4 Å². The Kier molecular flexibility index (Phi) is 2.90. The number of hydrogen-bond acceptors (Lipinski definition) is 3. The molecule has 0 saturated heterocycles. The van der Waals surface area contributed by atoms with Crippen molar-refractivity contribution < 1.29 is 4.39 Å². The van der Waals surface area contributed by atoms with Crippen LogP contribution in [-0.4, -0.2) is 4.98 Å². The molecule has 0 radical (unpaired) electrons. The van der Waals surface area contributed by atoms with E-state index in [0.717, 1.165) is 24.1 Å². The lowest BCUT2D eigenvalue weighted by atomic mass is 9.94. The molecule has 1 aromatic heterocycles. The number of aryl methyl sites for hydroxylation is 2. The van der Waals surface area contributed by atoms with Crippen LogP contribution in [0.25, 0.3) is 0 Å². The zero-order chi connectivity index (χ0) is 12.9. The zero-order valence-corrected chi connectivity index (χ0v) is 12.2. The van der Waals surface area contributed by atoms with Gasteiger partial charge in [0.25, 0.3) is 0 Å². The molecule has 0 amide bonds. The van der Waals surface area contributed by atoms with Crippen LogP contribution in [0.3, 0.4) is 0 Å². The summed E-state index contributed by atoms with van der Waals surface area (Å²) in [5.74, 6) is 0.102. The van der Waals surface area contributed by atoms with Crippen LogP contribution in [0.1, 0.15) is 34.0 Å². The van der Waals surface area contributed by atoms with Crippen molar-refractivity contribution in [3.05, 3.63) is 44.1 Å². The molecule has 0 spiro atoms. The van der Waals surface area contributed by atoms with Crippen LogP contribution in [0.15, 0.2) is 16.6 Å². The topological polar surface area (TPSA) is 38.9 Å². The van der Waals surface area contributed by atoms with E-state index in [0.29, 0.717) is 15.5 Å². The van der Waals surface area contributed by atoms with Crippen LogP contribution in [-0.2, 0) is 6.42 Å². The van der Waals surface area contributed by atoms with Crippen molar-refractivity contribution in [1.82, 2.24) is 4.98 Å². The van der Waals surface area contributed by atoms with E-state index < -0.39 is 0 Å². The second kappa shape index (κ2) is 4.31. The van der Waals surface area contributed by atoms with Crippen molar-refractivity contribution >= 4 is 32.4 Å². The third-order valence-electron chi connectivity index (χ3n) is 3.41. The van der Waals surface area contributed by atoms with Gasteiger partial charge < -0.3 is 5.73 Å². The molecule has 0 saturated carbocycles. The van der Waals surface area contributed by atoms with Crippen LogP contribution in [0.4, 0.5) is 9.52 Å². The first-order valence-corrected chi connectivity index (χ1v) is 7.38. The van der Waals surface area contributed by atoms with E-state index in [2.05, 4.69) is 20.9 Å². The average Bonchev–Trinajstić information content (AvgIpc) is 2.82. The quantitative estimate of drug-likeness (QED) is 0.859. The Hall–Kier alpha value is -0.940. The fourth-order valence-corrected chi connectivity index (χ4v) is 3.97. The van der Waals surface area contributed by atoms with Crippen LogP contribution >= 0.6 is 27.3 Å². The van der Waals surface area contributed by atoms with Crippen molar-refractivity contribution in [2.24, 2.45) is 0 Å². The van der Waals surface area contributed by atoms with Crippen molar-refractivity contribution in [3.8, 4) is 0 Å². The van der Waals surface area contributed by atoms with Gasteiger partial charge in [0.2, 0.25) is 0 Å². The van der Waals surface area contributed by atoms with Crippen LogP contribution in [0, 0.1) is 12.7 Å². The molecule has 2 aromatic rings. The van der Waals surface area contributed by atoms with E-state index in [-0.39, 0.29) is 5.82 Å². The molecule has 2 nitrogen and oxygen atoms in total. The Morgan fingerprint density at radius 2 is 2.28 bits per heavy atom. The van der Waals surface area contributed by atoms with E-state index in [1.165, 1.54) is 10.4 Å². The number of aromatic nitrogens is 1. The molecular formula is C13H12BrFN2S. The summed E-state index contributed by atoms with van der Waals surface area (Å²) >= 11 is 4.82. The Morgan fingerprint density at radius 1 is 1.50 bits per heavy atom. The fraction of sp³-hybridized carbons (Fsp3) is 0.308. The molecule has 3 rings (SSSR count). The highest BCUT2D eigenvalue weighted by Gasteiger charge is 2.29. The molecule has 1 aliphatic rings. The van der Waals surface area contributed by atoms with Gasteiger partial charge in [0.15, 0.2) is 5.13 Å². The third-order valence-corrected chi connectivity index (χ3v) is 5.06. The van der Waals surface area contributed by atoms with Crippen LogP contribution < -0.4 is 5.73 Å². The fourth-order valence-electron chi connectivity index (χ4n) is 2.58. The van der Waals surface area contributed by atoms with Gasteiger partial charge >= 0.3 is 0 Å². The van der Waals surface area contributed by atoms with Gasteiger partial charge in [-0.3, -0.25) is 0 Å². The molecule has 94 valence electrons. The maximum atomic E-state index is 13.5. The maximum Gasteiger partial charge on any atom is 0.180 e. The summed E-state index contributed by atoms with van der Waals surface area (Å²) in [5, 5.41) is 0.628. The van der Waals surface area contributed by atoms with E-state index in [1.807, 2.05) is 13.0 Å². The second-order valence-electron chi connectivity index (χ2n) is 4.58. The lowest BCUT2D eigenvalue weighted by Crippen LogP contribution is -1.99. The first-order chi connectivity index (χ1) is 8.56. The number of thiazole rings is 1. The monoisotopic (exact) mass is 326 g/mol. The maximum absolute atomic E-state index is 13.5. The van der Waals surface area contributed by atoms with Gasteiger partial charge in [-0.15, -0.1) is 11.3 Å². The summed E-state index contributed by atoms with van der Waals surface area (Å²) < 4.78 is 14.0. The molecule has 0 bridgehead atoms. The van der Waals surface area contributed by atoms with Gasteiger partial charge in [-0.1, -0.05) is 0 Å². The minimum atomic E-state index is -0.210. The number of benzene rings is 1. The molecule has 0 fully saturated rings. The Bertz CT molecular complexity index is 624. The molecule has 1 heterocycles. The van der Waals surface area contributed by atoms with Crippen LogP contribution in [0.2, 0.25) is 0 Å². The Balaban J connectivity index is 2.09.